The molecule has 0 aliphatic carbocycles. The molecule has 0 amide bonds. The lowest BCUT2D eigenvalue weighted by Gasteiger charge is -2.36. The molecule has 22 heavy (non-hydrogen) atoms. The third-order valence-corrected chi connectivity index (χ3v) is 9.59. The molecule has 0 atom stereocenters. The number of para-hydroxylation sites is 1. The summed E-state index contributed by atoms with van der Waals surface area (Å²) < 4.78 is 6.25. The molecule has 0 bridgehead atoms. The van der Waals surface area contributed by atoms with E-state index < -0.39 is 8.32 Å². The highest BCUT2D eigenvalue weighted by molar-refractivity contribution is 6.74. The second-order valence-electron chi connectivity index (χ2n) is 7.62. The van der Waals surface area contributed by atoms with Crippen LogP contribution in [0.1, 0.15) is 38.3 Å². The Kier molecular flexibility index (Phi) is 4.99. The molecule has 3 nitrogen and oxygen atoms in total. The van der Waals surface area contributed by atoms with Crippen LogP contribution in [0.25, 0.3) is 0 Å². The summed E-state index contributed by atoms with van der Waals surface area (Å²) in [6.45, 7) is 14.2. The summed E-state index contributed by atoms with van der Waals surface area (Å²) in [5.41, 5.74) is 3.27. The lowest BCUT2D eigenvalue weighted by atomic mass is 10.1. The van der Waals surface area contributed by atoms with Crippen LogP contribution in [0, 0.1) is 11.3 Å². The second kappa shape index (κ2) is 6.43. The van der Waals surface area contributed by atoms with Crippen LogP contribution >= 0.6 is 0 Å². The summed E-state index contributed by atoms with van der Waals surface area (Å²) in [5, 5.41) is 9.56. The molecular formula is C18H28N2OSi. The van der Waals surface area contributed by atoms with Gasteiger partial charge in [0.25, 0.3) is 0 Å². The van der Waals surface area contributed by atoms with Gasteiger partial charge in [0.1, 0.15) is 6.07 Å². The normalized spacial score (nSPS) is 14.8. The number of nitriles is 1. The Balaban J connectivity index is 1.90. The number of anilines is 1. The summed E-state index contributed by atoms with van der Waals surface area (Å²) in [4.78, 5) is 2.35. The van der Waals surface area contributed by atoms with E-state index in [1.807, 2.05) is 12.1 Å². The fraction of sp³-hybridized carbons (Fsp3) is 0.611. The number of fused-ring (bicyclic) bond motifs is 1. The molecule has 120 valence electrons. The third-order valence-electron chi connectivity index (χ3n) is 5.05. The summed E-state index contributed by atoms with van der Waals surface area (Å²) in [6, 6.07) is 8.37. The minimum absolute atomic E-state index is 0.265. The van der Waals surface area contributed by atoms with Gasteiger partial charge in [0.05, 0.1) is 11.3 Å². The SMILES string of the molecule is CC(C)(C)[Si](C)(C)OCCCN1CCc2cccc(C#N)c21. The number of hydrogen-bond donors (Lipinski definition) is 0. The van der Waals surface area contributed by atoms with Crippen molar-refractivity contribution in [1.82, 2.24) is 0 Å². The summed E-state index contributed by atoms with van der Waals surface area (Å²) in [6.07, 6.45) is 2.07. The molecule has 0 N–H and O–H groups in total. The average Bonchev–Trinajstić information content (AvgIpc) is 2.85. The van der Waals surface area contributed by atoms with Gasteiger partial charge in [-0.3, -0.25) is 0 Å². The number of nitrogens with zero attached hydrogens (tertiary/aromatic N) is 2. The Morgan fingerprint density at radius 3 is 2.68 bits per heavy atom. The maximum atomic E-state index is 9.29. The maximum absolute atomic E-state index is 9.29. The van der Waals surface area contributed by atoms with Crippen LogP contribution in [0.2, 0.25) is 18.1 Å². The van der Waals surface area contributed by atoms with Crippen LogP contribution in [0.15, 0.2) is 18.2 Å². The van der Waals surface area contributed by atoms with Gasteiger partial charge in [-0.2, -0.15) is 5.26 Å². The molecule has 1 aliphatic heterocycles. The molecule has 2 rings (SSSR count). The van der Waals surface area contributed by atoms with Gasteiger partial charge in [-0.1, -0.05) is 32.9 Å². The van der Waals surface area contributed by atoms with Crippen molar-refractivity contribution in [2.24, 2.45) is 0 Å². The average molecular weight is 317 g/mol. The van der Waals surface area contributed by atoms with E-state index in [2.05, 4.69) is 50.9 Å². The van der Waals surface area contributed by atoms with Crippen molar-refractivity contribution in [1.29, 1.82) is 5.26 Å². The van der Waals surface area contributed by atoms with Crippen molar-refractivity contribution in [3.8, 4) is 6.07 Å². The van der Waals surface area contributed by atoms with Crippen molar-refractivity contribution < 1.29 is 4.43 Å². The highest BCUT2D eigenvalue weighted by Crippen LogP contribution is 2.36. The van der Waals surface area contributed by atoms with Crippen LogP contribution in [-0.4, -0.2) is 28.0 Å². The Hall–Kier alpha value is -1.31. The lowest BCUT2D eigenvalue weighted by Crippen LogP contribution is -2.41. The molecule has 0 radical (unpaired) electrons. The molecule has 1 aromatic carbocycles. The van der Waals surface area contributed by atoms with E-state index in [1.54, 1.807) is 0 Å². The monoisotopic (exact) mass is 316 g/mol. The van der Waals surface area contributed by atoms with Gasteiger partial charge in [-0.05, 0) is 42.6 Å². The predicted molar refractivity (Wildman–Crippen MR) is 94.8 cm³/mol. The van der Waals surface area contributed by atoms with E-state index in [9.17, 15) is 5.26 Å². The van der Waals surface area contributed by atoms with E-state index in [4.69, 9.17) is 4.43 Å². The third kappa shape index (κ3) is 3.53. The smallest absolute Gasteiger partial charge is 0.191 e. The minimum Gasteiger partial charge on any atom is -0.417 e. The van der Waals surface area contributed by atoms with Gasteiger partial charge in [0.2, 0.25) is 0 Å². The Labute approximate surface area is 136 Å². The Bertz CT molecular complexity index is 569. The fourth-order valence-electron chi connectivity index (χ4n) is 2.65. The number of hydrogen-bond acceptors (Lipinski definition) is 3. The van der Waals surface area contributed by atoms with E-state index in [1.165, 1.54) is 5.56 Å². The molecule has 1 aliphatic rings. The Morgan fingerprint density at radius 1 is 1.32 bits per heavy atom. The molecule has 0 aromatic heterocycles. The van der Waals surface area contributed by atoms with Crippen molar-refractivity contribution in [2.45, 2.75) is 51.7 Å². The quantitative estimate of drug-likeness (QED) is 0.599. The highest BCUT2D eigenvalue weighted by Gasteiger charge is 2.36. The van der Waals surface area contributed by atoms with E-state index in [0.29, 0.717) is 0 Å². The maximum Gasteiger partial charge on any atom is 0.191 e. The van der Waals surface area contributed by atoms with Gasteiger partial charge >= 0.3 is 0 Å². The largest absolute Gasteiger partial charge is 0.417 e. The summed E-state index contributed by atoms with van der Waals surface area (Å²) in [5.74, 6) is 0. The predicted octanol–water partition coefficient (Wildman–Crippen LogP) is 4.33. The fourth-order valence-corrected chi connectivity index (χ4v) is 3.73. The zero-order valence-electron chi connectivity index (χ0n) is 14.6. The van der Waals surface area contributed by atoms with Gasteiger partial charge in [0.15, 0.2) is 8.32 Å². The molecule has 0 saturated heterocycles. The topological polar surface area (TPSA) is 36.3 Å². The van der Waals surface area contributed by atoms with E-state index >= 15 is 0 Å². The molecule has 4 heteroatoms. The van der Waals surface area contributed by atoms with Crippen LogP contribution in [0.3, 0.4) is 0 Å². The zero-order chi connectivity index (χ0) is 16.4. The Morgan fingerprint density at radius 2 is 2.05 bits per heavy atom. The van der Waals surface area contributed by atoms with Crippen LogP contribution in [0.5, 0.6) is 0 Å². The van der Waals surface area contributed by atoms with Gasteiger partial charge in [-0.25, -0.2) is 0 Å². The first-order valence-electron chi connectivity index (χ1n) is 8.17. The van der Waals surface area contributed by atoms with Crippen molar-refractivity contribution in [3.63, 3.8) is 0 Å². The molecule has 0 fully saturated rings. The van der Waals surface area contributed by atoms with Crippen LogP contribution in [0.4, 0.5) is 5.69 Å². The molecular weight excluding hydrogens is 288 g/mol. The minimum atomic E-state index is -1.64. The number of rotatable bonds is 5. The lowest BCUT2D eigenvalue weighted by molar-refractivity contribution is 0.283. The van der Waals surface area contributed by atoms with E-state index in [0.717, 1.165) is 43.8 Å². The molecule has 0 unspecified atom stereocenters. The standard InChI is InChI=1S/C18H28N2OSi/c1-18(2,3)22(4,5)21-13-7-11-20-12-10-15-8-6-9-16(14-19)17(15)20/h6,8-9H,7,10-13H2,1-5H3. The molecule has 1 heterocycles. The summed E-state index contributed by atoms with van der Waals surface area (Å²) >= 11 is 0. The van der Waals surface area contributed by atoms with Crippen molar-refractivity contribution in [2.75, 3.05) is 24.6 Å². The number of benzene rings is 1. The van der Waals surface area contributed by atoms with Gasteiger partial charge in [-0.15, -0.1) is 0 Å². The summed E-state index contributed by atoms with van der Waals surface area (Å²) in [7, 11) is -1.64. The first-order valence-corrected chi connectivity index (χ1v) is 11.1. The first-order chi connectivity index (χ1) is 10.3. The van der Waals surface area contributed by atoms with Gasteiger partial charge < -0.3 is 9.33 Å². The molecule has 1 aromatic rings. The molecule has 0 spiro atoms. The molecule has 0 saturated carbocycles. The van der Waals surface area contributed by atoms with Crippen molar-refractivity contribution in [3.05, 3.63) is 29.3 Å². The van der Waals surface area contributed by atoms with Gasteiger partial charge in [0, 0.05) is 19.7 Å². The zero-order valence-corrected chi connectivity index (χ0v) is 15.6. The van der Waals surface area contributed by atoms with E-state index in [-0.39, 0.29) is 5.04 Å². The first kappa shape index (κ1) is 17.0. The van der Waals surface area contributed by atoms with Crippen molar-refractivity contribution >= 4 is 14.0 Å². The second-order valence-corrected chi connectivity index (χ2v) is 12.4. The highest BCUT2D eigenvalue weighted by atomic mass is 28.4. The van der Waals surface area contributed by atoms with Crippen LogP contribution in [-0.2, 0) is 10.8 Å². The van der Waals surface area contributed by atoms with Crippen LogP contribution < -0.4 is 4.90 Å².